The van der Waals surface area contributed by atoms with Gasteiger partial charge in [-0.2, -0.15) is 0 Å². The van der Waals surface area contributed by atoms with E-state index in [4.69, 9.17) is 5.11 Å². The minimum atomic E-state index is -1.24. The Labute approximate surface area is 122 Å². The van der Waals surface area contributed by atoms with Crippen molar-refractivity contribution in [2.24, 2.45) is 0 Å². The molecule has 104 valence electrons. The van der Waals surface area contributed by atoms with Gasteiger partial charge in [0, 0.05) is 12.4 Å². The lowest BCUT2D eigenvalue weighted by Crippen LogP contribution is -2.07. The zero-order valence-corrected chi connectivity index (χ0v) is 11.3. The number of hydrogen-bond acceptors (Lipinski definition) is 5. The molecule has 0 atom stereocenters. The first-order valence-corrected chi connectivity index (χ1v) is 6.75. The Morgan fingerprint density at radius 3 is 2.57 bits per heavy atom. The van der Waals surface area contributed by atoms with Gasteiger partial charge >= 0.3 is 11.9 Å². The van der Waals surface area contributed by atoms with Crippen molar-refractivity contribution in [2.45, 2.75) is 0 Å². The van der Waals surface area contributed by atoms with E-state index in [2.05, 4.69) is 9.97 Å². The topological polar surface area (TPSA) is 100 Å². The molecule has 3 heterocycles. The third kappa shape index (κ3) is 2.23. The SMILES string of the molecule is O=C(O)c1cnc(-c2nccc3ccsc23)c(C(=O)O)c1. The monoisotopic (exact) mass is 300 g/mol. The molecule has 0 bridgehead atoms. The van der Waals surface area contributed by atoms with E-state index in [1.54, 1.807) is 6.20 Å². The van der Waals surface area contributed by atoms with Crippen molar-refractivity contribution >= 4 is 33.4 Å². The van der Waals surface area contributed by atoms with Gasteiger partial charge < -0.3 is 10.2 Å². The molecular formula is C14H8N2O4S. The van der Waals surface area contributed by atoms with Crippen LogP contribution >= 0.6 is 11.3 Å². The summed E-state index contributed by atoms with van der Waals surface area (Å²) in [5.41, 5.74) is 0.259. The summed E-state index contributed by atoms with van der Waals surface area (Å²) in [6, 6.07) is 4.82. The van der Waals surface area contributed by atoms with Gasteiger partial charge in [0.05, 0.1) is 15.8 Å². The number of thiophene rings is 1. The number of aromatic nitrogens is 2. The quantitative estimate of drug-likeness (QED) is 0.771. The lowest BCUT2D eigenvalue weighted by molar-refractivity contribution is 0.0696. The van der Waals surface area contributed by atoms with Gasteiger partial charge in [-0.25, -0.2) is 9.59 Å². The molecule has 3 rings (SSSR count). The Hall–Kier alpha value is -2.80. The Kier molecular flexibility index (Phi) is 3.11. The van der Waals surface area contributed by atoms with E-state index >= 15 is 0 Å². The highest BCUT2D eigenvalue weighted by Crippen LogP contribution is 2.31. The van der Waals surface area contributed by atoms with Crippen molar-refractivity contribution in [1.29, 1.82) is 0 Å². The molecule has 0 saturated heterocycles. The molecule has 0 radical (unpaired) electrons. The van der Waals surface area contributed by atoms with Crippen LogP contribution in [0.5, 0.6) is 0 Å². The molecule has 21 heavy (non-hydrogen) atoms. The van der Waals surface area contributed by atoms with Gasteiger partial charge in [-0.1, -0.05) is 0 Å². The Morgan fingerprint density at radius 2 is 1.86 bits per heavy atom. The summed E-state index contributed by atoms with van der Waals surface area (Å²) in [4.78, 5) is 30.5. The van der Waals surface area contributed by atoms with E-state index in [0.29, 0.717) is 5.69 Å². The summed E-state index contributed by atoms with van der Waals surface area (Å²) in [5.74, 6) is -2.46. The fraction of sp³-hybridized carbons (Fsp3) is 0. The summed E-state index contributed by atoms with van der Waals surface area (Å²) in [7, 11) is 0. The summed E-state index contributed by atoms with van der Waals surface area (Å²) in [6.45, 7) is 0. The second kappa shape index (κ2) is 4.95. The molecule has 0 aromatic carbocycles. The summed E-state index contributed by atoms with van der Waals surface area (Å²) >= 11 is 1.43. The predicted octanol–water partition coefficient (Wildman–Crippen LogP) is 2.75. The number of rotatable bonds is 3. The van der Waals surface area contributed by atoms with Crippen LogP contribution in [0.25, 0.3) is 21.5 Å². The van der Waals surface area contributed by atoms with E-state index in [1.165, 1.54) is 11.3 Å². The zero-order chi connectivity index (χ0) is 15.0. The third-order valence-corrected chi connectivity index (χ3v) is 3.89. The normalized spacial score (nSPS) is 10.7. The minimum absolute atomic E-state index is 0.167. The van der Waals surface area contributed by atoms with E-state index in [-0.39, 0.29) is 16.8 Å². The number of carbonyl (C=O) groups is 2. The maximum atomic E-state index is 11.4. The minimum Gasteiger partial charge on any atom is -0.478 e. The van der Waals surface area contributed by atoms with Gasteiger partial charge in [0.25, 0.3) is 0 Å². The highest BCUT2D eigenvalue weighted by Gasteiger charge is 2.19. The first kappa shape index (κ1) is 13.2. The maximum Gasteiger partial charge on any atom is 0.338 e. The van der Waals surface area contributed by atoms with E-state index in [0.717, 1.165) is 22.3 Å². The summed E-state index contributed by atoms with van der Waals surface area (Å²) < 4.78 is 0.815. The first-order valence-electron chi connectivity index (χ1n) is 5.87. The molecule has 3 aromatic rings. The molecule has 0 unspecified atom stereocenters. The van der Waals surface area contributed by atoms with Gasteiger partial charge in [-0.3, -0.25) is 9.97 Å². The van der Waals surface area contributed by atoms with Crippen LogP contribution in [0.2, 0.25) is 0 Å². The molecular weight excluding hydrogens is 292 g/mol. The number of carboxylic acid groups (broad SMARTS) is 2. The van der Waals surface area contributed by atoms with Gasteiger partial charge in [-0.15, -0.1) is 11.3 Å². The molecule has 0 saturated carbocycles. The van der Waals surface area contributed by atoms with E-state index < -0.39 is 11.9 Å². The van der Waals surface area contributed by atoms with Gasteiger partial charge in [0.2, 0.25) is 0 Å². The highest BCUT2D eigenvalue weighted by atomic mass is 32.1. The van der Waals surface area contributed by atoms with Crippen molar-refractivity contribution in [1.82, 2.24) is 9.97 Å². The van der Waals surface area contributed by atoms with Crippen molar-refractivity contribution in [3.63, 3.8) is 0 Å². The molecule has 0 spiro atoms. The molecule has 0 aliphatic heterocycles. The van der Waals surface area contributed by atoms with Crippen molar-refractivity contribution in [2.75, 3.05) is 0 Å². The molecule has 0 fully saturated rings. The molecule has 7 heteroatoms. The molecule has 6 nitrogen and oxygen atoms in total. The second-order valence-electron chi connectivity index (χ2n) is 4.23. The van der Waals surface area contributed by atoms with Crippen LogP contribution in [-0.2, 0) is 0 Å². The number of fused-ring (bicyclic) bond motifs is 1. The zero-order valence-electron chi connectivity index (χ0n) is 10.5. The molecule has 2 N–H and O–H groups in total. The lowest BCUT2D eigenvalue weighted by atomic mass is 10.1. The van der Waals surface area contributed by atoms with Gasteiger partial charge in [0.15, 0.2) is 0 Å². The van der Waals surface area contributed by atoms with Crippen LogP contribution in [0.15, 0.2) is 36.0 Å². The molecule has 0 amide bonds. The fourth-order valence-corrected chi connectivity index (χ4v) is 2.88. The second-order valence-corrected chi connectivity index (χ2v) is 5.15. The number of aromatic carboxylic acids is 2. The number of carboxylic acids is 2. The Bertz CT molecular complexity index is 872. The van der Waals surface area contributed by atoms with Crippen LogP contribution in [0.3, 0.4) is 0 Å². The van der Waals surface area contributed by atoms with Crippen LogP contribution in [-0.4, -0.2) is 32.1 Å². The first-order chi connectivity index (χ1) is 10.1. The standard InChI is InChI=1S/C14H8N2O4S/c17-13(18)8-5-9(14(19)20)10(16-6-8)11-12-7(1-3-15-11)2-4-21-12/h1-6H,(H,17,18)(H,19,20). The van der Waals surface area contributed by atoms with Crippen molar-refractivity contribution in [3.8, 4) is 11.4 Å². The van der Waals surface area contributed by atoms with Crippen LogP contribution in [0.1, 0.15) is 20.7 Å². The van der Waals surface area contributed by atoms with Crippen LogP contribution in [0.4, 0.5) is 0 Å². The number of hydrogen-bond donors (Lipinski definition) is 2. The predicted molar refractivity (Wildman–Crippen MR) is 76.8 cm³/mol. The van der Waals surface area contributed by atoms with Crippen molar-refractivity contribution < 1.29 is 19.8 Å². The lowest BCUT2D eigenvalue weighted by Gasteiger charge is -2.06. The Morgan fingerprint density at radius 1 is 1.05 bits per heavy atom. The molecule has 0 aliphatic carbocycles. The van der Waals surface area contributed by atoms with E-state index in [1.807, 2.05) is 17.5 Å². The number of pyridine rings is 2. The third-order valence-electron chi connectivity index (χ3n) is 2.96. The maximum absolute atomic E-state index is 11.4. The van der Waals surface area contributed by atoms with Crippen LogP contribution < -0.4 is 0 Å². The summed E-state index contributed by atoms with van der Waals surface area (Å²) in [5, 5.41) is 21.1. The van der Waals surface area contributed by atoms with Crippen LogP contribution in [0, 0.1) is 0 Å². The van der Waals surface area contributed by atoms with Crippen molar-refractivity contribution in [3.05, 3.63) is 47.1 Å². The Balaban J connectivity index is 2.29. The smallest absolute Gasteiger partial charge is 0.338 e. The number of nitrogens with zero attached hydrogens (tertiary/aromatic N) is 2. The highest BCUT2D eigenvalue weighted by molar-refractivity contribution is 7.17. The fourth-order valence-electron chi connectivity index (χ4n) is 2.00. The van der Waals surface area contributed by atoms with Gasteiger partial charge in [0.1, 0.15) is 11.4 Å². The molecule has 3 aromatic heterocycles. The summed E-state index contributed by atoms with van der Waals surface area (Å²) in [6.07, 6.45) is 2.71. The largest absolute Gasteiger partial charge is 0.478 e. The molecule has 0 aliphatic rings. The average Bonchev–Trinajstić information content (AvgIpc) is 2.94. The average molecular weight is 300 g/mol. The van der Waals surface area contributed by atoms with E-state index in [9.17, 15) is 14.7 Å². The van der Waals surface area contributed by atoms with Gasteiger partial charge in [-0.05, 0) is 29.0 Å².